The summed E-state index contributed by atoms with van der Waals surface area (Å²) in [4.78, 5) is 6.54. The lowest BCUT2D eigenvalue weighted by Crippen LogP contribution is -2.24. The molecule has 0 aliphatic rings. The predicted octanol–water partition coefficient (Wildman–Crippen LogP) is 2.04. The number of pyridine rings is 1. The summed E-state index contributed by atoms with van der Waals surface area (Å²) in [5, 5.41) is 3.34. The molecule has 1 N–H and O–H groups in total. The lowest BCUT2D eigenvalue weighted by atomic mass is 10.2. The molecule has 0 saturated heterocycles. The highest BCUT2D eigenvalue weighted by molar-refractivity contribution is 5.51. The second kappa shape index (κ2) is 6.40. The number of aromatic nitrogens is 1. The molecule has 15 heavy (non-hydrogen) atoms. The Morgan fingerprint density at radius 2 is 2.00 bits per heavy atom. The van der Waals surface area contributed by atoms with Crippen LogP contribution >= 0.6 is 0 Å². The van der Waals surface area contributed by atoms with Gasteiger partial charge in [-0.25, -0.2) is 0 Å². The number of nitrogens with one attached hydrogen (secondary N) is 1. The van der Waals surface area contributed by atoms with Gasteiger partial charge in [0.25, 0.3) is 0 Å². The summed E-state index contributed by atoms with van der Waals surface area (Å²) in [6, 6.07) is 2.10. The summed E-state index contributed by atoms with van der Waals surface area (Å²) in [6.45, 7) is 10.5. The molecule has 0 spiro atoms. The fourth-order valence-corrected chi connectivity index (χ4v) is 1.69. The van der Waals surface area contributed by atoms with Crippen LogP contribution < -0.4 is 10.2 Å². The molecule has 1 rings (SSSR count). The minimum Gasteiger partial charge on any atom is -0.372 e. The second-order valence-electron chi connectivity index (χ2n) is 3.46. The number of hydrogen-bond donors (Lipinski definition) is 1. The van der Waals surface area contributed by atoms with E-state index in [0.29, 0.717) is 0 Å². The maximum Gasteiger partial charge on any atom is 0.0442 e. The maximum atomic E-state index is 4.18. The third-order valence-corrected chi connectivity index (χ3v) is 2.55. The van der Waals surface area contributed by atoms with Crippen LogP contribution in [0.5, 0.6) is 0 Å². The zero-order chi connectivity index (χ0) is 11.1. The Hall–Kier alpha value is -1.09. The molecule has 0 amide bonds. The Morgan fingerprint density at radius 1 is 1.27 bits per heavy atom. The van der Waals surface area contributed by atoms with Gasteiger partial charge in [-0.3, -0.25) is 4.98 Å². The van der Waals surface area contributed by atoms with Gasteiger partial charge in [0.05, 0.1) is 0 Å². The van der Waals surface area contributed by atoms with Crippen LogP contribution in [-0.2, 0) is 6.54 Å². The molecule has 84 valence electrons. The molecule has 0 aromatic carbocycles. The molecule has 0 saturated carbocycles. The Morgan fingerprint density at radius 3 is 2.60 bits per heavy atom. The number of anilines is 1. The first kappa shape index (κ1) is 12.0. The molecular formula is C12H21N3. The van der Waals surface area contributed by atoms with Gasteiger partial charge < -0.3 is 10.2 Å². The highest BCUT2D eigenvalue weighted by atomic mass is 15.1. The first-order valence-corrected chi connectivity index (χ1v) is 5.72. The van der Waals surface area contributed by atoms with Crippen molar-refractivity contribution in [3.05, 3.63) is 24.0 Å². The summed E-state index contributed by atoms with van der Waals surface area (Å²) in [5.41, 5.74) is 2.58. The van der Waals surface area contributed by atoms with Crippen molar-refractivity contribution in [1.29, 1.82) is 0 Å². The van der Waals surface area contributed by atoms with Gasteiger partial charge in [0, 0.05) is 43.3 Å². The van der Waals surface area contributed by atoms with Crippen molar-refractivity contribution in [1.82, 2.24) is 10.3 Å². The molecule has 0 fully saturated rings. The molecule has 3 heteroatoms. The zero-order valence-electron chi connectivity index (χ0n) is 9.95. The molecule has 0 aliphatic carbocycles. The Balaban J connectivity index is 2.84. The Labute approximate surface area is 92.5 Å². The van der Waals surface area contributed by atoms with Gasteiger partial charge in [0.1, 0.15) is 0 Å². The van der Waals surface area contributed by atoms with Crippen molar-refractivity contribution in [3.8, 4) is 0 Å². The van der Waals surface area contributed by atoms with E-state index in [1.807, 2.05) is 12.4 Å². The van der Waals surface area contributed by atoms with Gasteiger partial charge in [-0.2, -0.15) is 0 Å². The Bertz CT molecular complexity index is 282. The van der Waals surface area contributed by atoms with E-state index in [1.165, 1.54) is 11.3 Å². The Kier molecular flexibility index (Phi) is 5.12. The average Bonchev–Trinajstić information content (AvgIpc) is 2.29. The predicted molar refractivity (Wildman–Crippen MR) is 65.2 cm³/mol. The van der Waals surface area contributed by atoms with Gasteiger partial charge in [-0.15, -0.1) is 0 Å². The minimum atomic E-state index is 0.899. The van der Waals surface area contributed by atoms with E-state index in [0.717, 1.165) is 26.2 Å². The largest absolute Gasteiger partial charge is 0.372 e. The maximum absolute atomic E-state index is 4.18. The first-order valence-electron chi connectivity index (χ1n) is 5.72. The smallest absolute Gasteiger partial charge is 0.0442 e. The molecule has 0 aliphatic heterocycles. The van der Waals surface area contributed by atoms with Crippen molar-refractivity contribution in [2.75, 3.05) is 24.5 Å². The zero-order valence-corrected chi connectivity index (χ0v) is 9.95. The van der Waals surface area contributed by atoms with E-state index < -0.39 is 0 Å². The molecule has 0 radical (unpaired) electrons. The molecule has 0 atom stereocenters. The summed E-state index contributed by atoms with van der Waals surface area (Å²) >= 11 is 0. The standard InChI is InChI=1S/C12H21N3/c1-4-13-9-11-10-14-8-7-12(11)15(5-2)6-3/h7-8,10,13H,4-6,9H2,1-3H3. The lowest BCUT2D eigenvalue weighted by Gasteiger charge is -2.23. The van der Waals surface area contributed by atoms with Crippen LogP contribution in [0.2, 0.25) is 0 Å². The lowest BCUT2D eigenvalue weighted by molar-refractivity contribution is 0.718. The van der Waals surface area contributed by atoms with Gasteiger partial charge in [-0.1, -0.05) is 6.92 Å². The van der Waals surface area contributed by atoms with Gasteiger partial charge >= 0.3 is 0 Å². The third-order valence-electron chi connectivity index (χ3n) is 2.55. The van der Waals surface area contributed by atoms with Gasteiger partial charge in [-0.05, 0) is 26.5 Å². The highest BCUT2D eigenvalue weighted by Crippen LogP contribution is 2.18. The van der Waals surface area contributed by atoms with Crippen LogP contribution in [0.4, 0.5) is 5.69 Å². The van der Waals surface area contributed by atoms with Crippen LogP contribution in [-0.4, -0.2) is 24.6 Å². The van der Waals surface area contributed by atoms with E-state index in [9.17, 15) is 0 Å². The molecule has 1 aromatic rings. The first-order chi connectivity index (χ1) is 7.33. The van der Waals surface area contributed by atoms with Gasteiger partial charge in [0.15, 0.2) is 0 Å². The van der Waals surface area contributed by atoms with Crippen molar-refractivity contribution >= 4 is 5.69 Å². The number of hydrogen-bond acceptors (Lipinski definition) is 3. The number of nitrogens with zero attached hydrogens (tertiary/aromatic N) is 2. The van der Waals surface area contributed by atoms with Crippen LogP contribution in [0.15, 0.2) is 18.5 Å². The average molecular weight is 207 g/mol. The molecule has 1 heterocycles. The van der Waals surface area contributed by atoms with Crippen LogP contribution in [0.25, 0.3) is 0 Å². The van der Waals surface area contributed by atoms with Crippen LogP contribution in [0, 0.1) is 0 Å². The molecule has 0 unspecified atom stereocenters. The molecule has 1 aromatic heterocycles. The van der Waals surface area contributed by atoms with Gasteiger partial charge in [0.2, 0.25) is 0 Å². The number of rotatable bonds is 6. The fourth-order valence-electron chi connectivity index (χ4n) is 1.69. The van der Waals surface area contributed by atoms with Crippen LogP contribution in [0.3, 0.4) is 0 Å². The summed E-state index contributed by atoms with van der Waals surface area (Å²) in [6.07, 6.45) is 3.82. The molecule has 0 bridgehead atoms. The van der Waals surface area contributed by atoms with E-state index in [-0.39, 0.29) is 0 Å². The van der Waals surface area contributed by atoms with E-state index in [1.54, 1.807) is 0 Å². The summed E-state index contributed by atoms with van der Waals surface area (Å²) < 4.78 is 0. The summed E-state index contributed by atoms with van der Waals surface area (Å²) in [5.74, 6) is 0. The van der Waals surface area contributed by atoms with E-state index >= 15 is 0 Å². The minimum absolute atomic E-state index is 0.899. The molecule has 3 nitrogen and oxygen atoms in total. The van der Waals surface area contributed by atoms with Crippen molar-refractivity contribution in [2.45, 2.75) is 27.3 Å². The van der Waals surface area contributed by atoms with Crippen molar-refractivity contribution in [3.63, 3.8) is 0 Å². The van der Waals surface area contributed by atoms with E-state index in [4.69, 9.17) is 0 Å². The van der Waals surface area contributed by atoms with Crippen molar-refractivity contribution < 1.29 is 0 Å². The van der Waals surface area contributed by atoms with Crippen molar-refractivity contribution in [2.24, 2.45) is 0 Å². The summed E-state index contributed by atoms with van der Waals surface area (Å²) in [7, 11) is 0. The fraction of sp³-hybridized carbons (Fsp3) is 0.583. The molecular weight excluding hydrogens is 186 g/mol. The normalized spacial score (nSPS) is 10.3. The quantitative estimate of drug-likeness (QED) is 0.773. The second-order valence-corrected chi connectivity index (χ2v) is 3.46. The van der Waals surface area contributed by atoms with Crippen LogP contribution in [0.1, 0.15) is 26.3 Å². The topological polar surface area (TPSA) is 28.2 Å². The third kappa shape index (κ3) is 3.20. The highest BCUT2D eigenvalue weighted by Gasteiger charge is 2.06. The monoisotopic (exact) mass is 207 g/mol. The van der Waals surface area contributed by atoms with E-state index in [2.05, 4.69) is 42.0 Å². The SMILES string of the molecule is CCNCc1cnccc1N(CC)CC.